The number of hydrogen-bond acceptors (Lipinski definition) is 2. The van der Waals surface area contributed by atoms with E-state index in [1.54, 1.807) is 0 Å². The van der Waals surface area contributed by atoms with Crippen LogP contribution in [0.5, 0.6) is 0 Å². The van der Waals surface area contributed by atoms with Gasteiger partial charge in [-0.05, 0) is 36.3 Å². The fraction of sp³-hybridized carbons (Fsp3) is 0.176. The van der Waals surface area contributed by atoms with Crippen LogP contribution in [0, 0.1) is 0 Å². The molecule has 0 aliphatic heterocycles. The van der Waals surface area contributed by atoms with Gasteiger partial charge in [0.2, 0.25) is 5.91 Å². The quantitative estimate of drug-likeness (QED) is 0.570. The maximum atomic E-state index is 12.9. The van der Waals surface area contributed by atoms with Crippen LogP contribution in [-0.2, 0) is 17.4 Å². The summed E-state index contributed by atoms with van der Waals surface area (Å²) in [6.07, 6.45) is -3.73. The van der Waals surface area contributed by atoms with Gasteiger partial charge < -0.3 is 5.32 Å². The highest BCUT2D eigenvalue weighted by Gasteiger charge is 2.33. The number of thiocarbonyl (C=S) groups is 1. The summed E-state index contributed by atoms with van der Waals surface area (Å²) in [5.74, 6) is -0.322. The summed E-state index contributed by atoms with van der Waals surface area (Å²) in [5, 5.41) is 2.30. The molecule has 132 valence electrons. The summed E-state index contributed by atoms with van der Waals surface area (Å²) >= 11 is 4.91. The summed E-state index contributed by atoms with van der Waals surface area (Å²) in [7, 11) is 0. The van der Waals surface area contributed by atoms with Crippen LogP contribution in [0.15, 0.2) is 54.6 Å². The summed E-state index contributed by atoms with van der Waals surface area (Å²) in [6.45, 7) is 0. The number of aryl methyl sites for hydroxylation is 1. The fourth-order valence-corrected chi connectivity index (χ4v) is 2.25. The molecule has 0 heterocycles. The van der Waals surface area contributed by atoms with Gasteiger partial charge in [-0.15, -0.1) is 0 Å². The SMILES string of the molecule is O=C(CCc1ccccc1)NNC(=S)Nc1ccccc1C(F)(F)F. The lowest BCUT2D eigenvalue weighted by atomic mass is 10.1. The van der Waals surface area contributed by atoms with Crippen LogP contribution in [0.2, 0.25) is 0 Å². The number of hydrazine groups is 1. The maximum absolute atomic E-state index is 12.9. The van der Waals surface area contributed by atoms with Gasteiger partial charge in [-0.2, -0.15) is 13.2 Å². The molecule has 2 rings (SSSR count). The highest BCUT2D eigenvalue weighted by atomic mass is 32.1. The molecule has 4 nitrogen and oxygen atoms in total. The van der Waals surface area contributed by atoms with Crippen molar-refractivity contribution in [1.29, 1.82) is 0 Å². The molecule has 8 heteroatoms. The molecular weight excluding hydrogens is 351 g/mol. The summed E-state index contributed by atoms with van der Waals surface area (Å²) in [5.41, 5.74) is 4.74. The summed E-state index contributed by atoms with van der Waals surface area (Å²) in [6, 6.07) is 14.4. The van der Waals surface area contributed by atoms with Crippen molar-refractivity contribution in [3.8, 4) is 0 Å². The van der Waals surface area contributed by atoms with Crippen LogP contribution in [-0.4, -0.2) is 11.0 Å². The number of carbonyl (C=O) groups is 1. The van der Waals surface area contributed by atoms with Crippen molar-refractivity contribution in [3.63, 3.8) is 0 Å². The van der Waals surface area contributed by atoms with Crippen LogP contribution in [0.25, 0.3) is 0 Å². The number of para-hydroxylation sites is 1. The van der Waals surface area contributed by atoms with E-state index in [1.165, 1.54) is 18.2 Å². The normalized spacial score (nSPS) is 10.8. The highest BCUT2D eigenvalue weighted by molar-refractivity contribution is 7.80. The van der Waals surface area contributed by atoms with E-state index in [0.29, 0.717) is 6.42 Å². The molecule has 0 saturated heterocycles. The molecule has 0 spiro atoms. The molecule has 0 saturated carbocycles. The molecule has 0 unspecified atom stereocenters. The molecule has 2 aromatic carbocycles. The van der Waals surface area contributed by atoms with Crippen LogP contribution >= 0.6 is 12.2 Å². The van der Waals surface area contributed by atoms with E-state index in [4.69, 9.17) is 12.2 Å². The molecule has 0 aliphatic carbocycles. The van der Waals surface area contributed by atoms with Crippen molar-refractivity contribution in [3.05, 3.63) is 65.7 Å². The first-order valence-electron chi connectivity index (χ1n) is 7.42. The first-order chi connectivity index (χ1) is 11.9. The average molecular weight is 367 g/mol. The Balaban J connectivity index is 1.82. The number of alkyl halides is 3. The number of halogens is 3. The topological polar surface area (TPSA) is 53.2 Å². The van der Waals surface area contributed by atoms with Gasteiger partial charge in [0.25, 0.3) is 0 Å². The molecule has 1 amide bonds. The molecule has 0 aliphatic rings. The maximum Gasteiger partial charge on any atom is 0.418 e. The smallest absolute Gasteiger partial charge is 0.331 e. The minimum Gasteiger partial charge on any atom is -0.331 e. The van der Waals surface area contributed by atoms with E-state index in [2.05, 4.69) is 16.2 Å². The minimum absolute atomic E-state index is 0.134. The highest BCUT2D eigenvalue weighted by Crippen LogP contribution is 2.34. The summed E-state index contributed by atoms with van der Waals surface area (Å²) < 4.78 is 38.7. The summed E-state index contributed by atoms with van der Waals surface area (Å²) in [4.78, 5) is 11.8. The van der Waals surface area contributed by atoms with E-state index in [-0.39, 0.29) is 23.1 Å². The van der Waals surface area contributed by atoms with Crippen molar-refractivity contribution >= 4 is 28.9 Å². The molecule has 0 radical (unpaired) electrons. The molecule has 2 aromatic rings. The monoisotopic (exact) mass is 367 g/mol. The van der Waals surface area contributed by atoms with E-state index in [1.807, 2.05) is 30.3 Å². The van der Waals surface area contributed by atoms with Crippen molar-refractivity contribution in [1.82, 2.24) is 10.9 Å². The van der Waals surface area contributed by atoms with Crippen LogP contribution in [0.3, 0.4) is 0 Å². The third-order valence-corrected chi connectivity index (χ3v) is 3.48. The number of nitrogens with one attached hydrogen (secondary N) is 3. The molecule has 0 aromatic heterocycles. The predicted octanol–water partition coefficient (Wildman–Crippen LogP) is 3.66. The molecule has 3 N–H and O–H groups in total. The Morgan fingerprint density at radius 2 is 1.60 bits per heavy atom. The Morgan fingerprint density at radius 1 is 0.960 bits per heavy atom. The Kier molecular flexibility index (Phi) is 6.35. The van der Waals surface area contributed by atoms with Crippen LogP contribution in [0.4, 0.5) is 18.9 Å². The lowest BCUT2D eigenvalue weighted by Gasteiger charge is -2.16. The molecule has 25 heavy (non-hydrogen) atoms. The van der Waals surface area contributed by atoms with Crippen LogP contribution in [0.1, 0.15) is 17.5 Å². The van der Waals surface area contributed by atoms with Gasteiger partial charge in [-0.25, -0.2) is 0 Å². The van der Waals surface area contributed by atoms with Gasteiger partial charge in [0.1, 0.15) is 0 Å². The van der Waals surface area contributed by atoms with Gasteiger partial charge in [-0.1, -0.05) is 42.5 Å². The van der Waals surface area contributed by atoms with Crippen molar-refractivity contribution < 1.29 is 18.0 Å². The lowest BCUT2D eigenvalue weighted by molar-refractivity contribution is -0.137. The fourth-order valence-electron chi connectivity index (χ4n) is 2.08. The first-order valence-corrected chi connectivity index (χ1v) is 7.83. The zero-order valence-corrected chi connectivity index (χ0v) is 13.9. The number of anilines is 1. The van der Waals surface area contributed by atoms with Gasteiger partial charge in [0, 0.05) is 6.42 Å². The third-order valence-electron chi connectivity index (χ3n) is 3.28. The minimum atomic E-state index is -4.50. The van der Waals surface area contributed by atoms with Gasteiger partial charge in [0.15, 0.2) is 5.11 Å². The largest absolute Gasteiger partial charge is 0.418 e. The predicted molar refractivity (Wildman–Crippen MR) is 93.7 cm³/mol. The number of carbonyl (C=O) groups excluding carboxylic acids is 1. The van der Waals surface area contributed by atoms with Crippen LogP contribution < -0.4 is 16.2 Å². The van der Waals surface area contributed by atoms with Gasteiger partial charge in [-0.3, -0.25) is 15.6 Å². The Hall–Kier alpha value is -2.61. The second kappa shape index (κ2) is 8.48. The second-order valence-electron chi connectivity index (χ2n) is 5.16. The Bertz CT molecular complexity index is 735. The standard InChI is InChI=1S/C17H16F3N3OS/c18-17(19,20)13-8-4-5-9-14(13)21-16(25)23-22-15(24)11-10-12-6-2-1-3-7-12/h1-9H,10-11H2,(H,22,24)(H2,21,23,25). The van der Waals surface area contributed by atoms with Gasteiger partial charge >= 0.3 is 6.18 Å². The Labute approximate surface area is 148 Å². The molecule has 0 fully saturated rings. The third kappa shape index (κ3) is 6.07. The number of hydrogen-bond donors (Lipinski definition) is 3. The zero-order valence-electron chi connectivity index (χ0n) is 13.1. The average Bonchev–Trinajstić information content (AvgIpc) is 2.58. The molecule has 0 bridgehead atoms. The lowest BCUT2D eigenvalue weighted by Crippen LogP contribution is -2.44. The van der Waals surface area contributed by atoms with Crippen molar-refractivity contribution in [2.75, 3.05) is 5.32 Å². The zero-order chi connectivity index (χ0) is 18.3. The molecule has 0 atom stereocenters. The first kappa shape index (κ1) is 18.7. The van der Waals surface area contributed by atoms with E-state index < -0.39 is 11.7 Å². The Morgan fingerprint density at radius 3 is 2.28 bits per heavy atom. The van der Waals surface area contributed by atoms with Gasteiger partial charge in [0.05, 0.1) is 11.3 Å². The van der Waals surface area contributed by atoms with Crippen molar-refractivity contribution in [2.24, 2.45) is 0 Å². The van der Waals surface area contributed by atoms with E-state index >= 15 is 0 Å². The van der Waals surface area contributed by atoms with Crippen molar-refractivity contribution in [2.45, 2.75) is 19.0 Å². The second-order valence-corrected chi connectivity index (χ2v) is 5.56. The van der Waals surface area contributed by atoms with E-state index in [0.717, 1.165) is 11.6 Å². The van der Waals surface area contributed by atoms with E-state index in [9.17, 15) is 18.0 Å². The number of rotatable bonds is 4. The number of benzene rings is 2. The molecular formula is C17H16F3N3OS. The number of amides is 1.